The van der Waals surface area contributed by atoms with Crippen molar-refractivity contribution in [2.24, 2.45) is 5.92 Å². The number of hydrogen-bond acceptors (Lipinski definition) is 4. The first-order chi connectivity index (χ1) is 12.4. The van der Waals surface area contributed by atoms with Crippen molar-refractivity contribution >= 4 is 29.4 Å². The summed E-state index contributed by atoms with van der Waals surface area (Å²) in [5, 5.41) is 3.24. The lowest BCUT2D eigenvalue weighted by molar-refractivity contribution is -0.154. The lowest BCUT2D eigenvalue weighted by Gasteiger charge is -2.23. The molecule has 1 aliphatic rings. The average molecular weight is 381 g/mol. The molecule has 0 radical (unpaired) electrons. The lowest BCUT2D eigenvalue weighted by atomic mass is 9.99. The van der Waals surface area contributed by atoms with Crippen molar-refractivity contribution in [2.75, 3.05) is 19.7 Å². The first kappa shape index (κ1) is 20.2. The summed E-state index contributed by atoms with van der Waals surface area (Å²) in [7, 11) is 0. The van der Waals surface area contributed by atoms with E-state index in [1.165, 1.54) is 0 Å². The van der Waals surface area contributed by atoms with E-state index in [1.54, 1.807) is 29.2 Å². The topological polar surface area (TPSA) is 75.7 Å². The first-order valence-electron chi connectivity index (χ1n) is 8.93. The Morgan fingerprint density at radius 2 is 1.81 bits per heavy atom. The third kappa shape index (κ3) is 5.46. The van der Waals surface area contributed by atoms with Crippen molar-refractivity contribution in [3.63, 3.8) is 0 Å². The van der Waals surface area contributed by atoms with Gasteiger partial charge in [-0.1, -0.05) is 31.9 Å². The predicted octanol–water partition coefficient (Wildman–Crippen LogP) is 2.65. The summed E-state index contributed by atoms with van der Waals surface area (Å²) in [5.41, 5.74) is 0.406. The zero-order valence-electron chi connectivity index (χ0n) is 15.2. The molecule has 0 aromatic heterocycles. The minimum absolute atomic E-state index is 0.124. The molecule has 0 bridgehead atoms. The fourth-order valence-electron chi connectivity index (χ4n) is 2.78. The molecule has 1 N–H and O–H groups in total. The Balaban J connectivity index is 1.96. The highest BCUT2D eigenvalue weighted by atomic mass is 35.5. The number of carbonyl (C=O) groups is 3. The number of ether oxygens (including phenoxy) is 1. The maximum atomic E-state index is 12.5. The molecule has 0 aliphatic carbocycles. The molecule has 6 nitrogen and oxygen atoms in total. The van der Waals surface area contributed by atoms with Crippen LogP contribution in [0.15, 0.2) is 24.3 Å². The summed E-state index contributed by atoms with van der Waals surface area (Å²) in [5.74, 6) is -1.28. The molecule has 1 heterocycles. The van der Waals surface area contributed by atoms with Gasteiger partial charge in [0.05, 0.1) is 0 Å². The summed E-state index contributed by atoms with van der Waals surface area (Å²) >= 11 is 5.83. The van der Waals surface area contributed by atoms with Gasteiger partial charge in [0.15, 0.2) is 6.61 Å². The molecule has 26 heavy (non-hydrogen) atoms. The first-order valence-corrected chi connectivity index (χ1v) is 9.31. The second kappa shape index (κ2) is 9.57. The SMILES string of the molecule is CCC(C)C(NC(=O)c1ccc(Cl)cc1)C(=O)OCC(=O)N1CCCC1. The summed E-state index contributed by atoms with van der Waals surface area (Å²) in [4.78, 5) is 38.6. The highest BCUT2D eigenvalue weighted by molar-refractivity contribution is 6.30. The van der Waals surface area contributed by atoms with E-state index in [-0.39, 0.29) is 24.3 Å². The van der Waals surface area contributed by atoms with Gasteiger partial charge in [0.1, 0.15) is 6.04 Å². The number of rotatable bonds is 7. The van der Waals surface area contributed by atoms with E-state index in [0.29, 0.717) is 30.1 Å². The lowest BCUT2D eigenvalue weighted by Crippen LogP contribution is -2.46. The van der Waals surface area contributed by atoms with Crippen LogP contribution in [0.4, 0.5) is 0 Å². The normalized spacial score (nSPS) is 16.0. The Kier molecular flexibility index (Phi) is 7.45. The quantitative estimate of drug-likeness (QED) is 0.738. The van der Waals surface area contributed by atoms with Gasteiger partial charge < -0.3 is 15.0 Å². The van der Waals surface area contributed by atoms with Crippen molar-refractivity contribution in [1.29, 1.82) is 0 Å². The Morgan fingerprint density at radius 1 is 1.19 bits per heavy atom. The van der Waals surface area contributed by atoms with Gasteiger partial charge in [-0.25, -0.2) is 4.79 Å². The number of amides is 2. The number of hydrogen-bond donors (Lipinski definition) is 1. The van der Waals surface area contributed by atoms with E-state index in [9.17, 15) is 14.4 Å². The van der Waals surface area contributed by atoms with E-state index in [2.05, 4.69) is 5.32 Å². The van der Waals surface area contributed by atoms with Crippen molar-refractivity contribution in [2.45, 2.75) is 39.2 Å². The molecule has 1 aromatic carbocycles. The molecule has 0 saturated carbocycles. The van der Waals surface area contributed by atoms with Crippen LogP contribution in [-0.2, 0) is 14.3 Å². The monoisotopic (exact) mass is 380 g/mol. The van der Waals surface area contributed by atoms with Crippen LogP contribution in [0.25, 0.3) is 0 Å². The van der Waals surface area contributed by atoms with Crippen LogP contribution in [-0.4, -0.2) is 48.4 Å². The van der Waals surface area contributed by atoms with Crippen molar-refractivity contribution in [3.05, 3.63) is 34.9 Å². The molecule has 1 fully saturated rings. The third-order valence-corrected chi connectivity index (χ3v) is 4.91. The average Bonchev–Trinajstić information content (AvgIpc) is 3.18. The second-order valence-electron chi connectivity index (χ2n) is 6.54. The smallest absolute Gasteiger partial charge is 0.329 e. The van der Waals surface area contributed by atoms with Crippen molar-refractivity contribution in [3.8, 4) is 0 Å². The minimum atomic E-state index is -0.811. The molecule has 2 unspecified atom stereocenters. The molecule has 1 aliphatic heterocycles. The zero-order chi connectivity index (χ0) is 19.1. The summed E-state index contributed by atoms with van der Waals surface area (Å²) in [6.45, 7) is 4.91. The summed E-state index contributed by atoms with van der Waals surface area (Å²) < 4.78 is 5.19. The summed E-state index contributed by atoms with van der Waals surface area (Å²) in [6, 6.07) is 5.60. The van der Waals surface area contributed by atoms with Crippen LogP contribution < -0.4 is 5.32 Å². The van der Waals surface area contributed by atoms with Crippen molar-refractivity contribution in [1.82, 2.24) is 10.2 Å². The number of esters is 1. The van der Waals surface area contributed by atoms with Gasteiger partial charge in [-0.15, -0.1) is 0 Å². The maximum absolute atomic E-state index is 12.5. The highest BCUT2D eigenvalue weighted by Crippen LogP contribution is 2.14. The number of benzene rings is 1. The van der Waals surface area contributed by atoms with E-state index >= 15 is 0 Å². The number of nitrogens with one attached hydrogen (secondary N) is 1. The summed E-state index contributed by atoms with van der Waals surface area (Å²) in [6.07, 6.45) is 2.64. The molecule has 2 amide bonds. The number of halogens is 1. The predicted molar refractivity (Wildman–Crippen MR) is 98.9 cm³/mol. The number of nitrogens with zero attached hydrogens (tertiary/aromatic N) is 1. The molecule has 7 heteroatoms. The molecule has 1 saturated heterocycles. The minimum Gasteiger partial charge on any atom is -0.454 e. The Morgan fingerprint density at radius 3 is 2.38 bits per heavy atom. The Hall–Kier alpha value is -2.08. The number of likely N-dealkylation sites (tertiary alicyclic amines) is 1. The van der Waals surface area contributed by atoms with Gasteiger partial charge in [-0.05, 0) is 43.0 Å². The van der Waals surface area contributed by atoms with Gasteiger partial charge in [-0.3, -0.25) is 9.59 Å². The number of carbonyl (C=O) groups excluding carboxylic acids is 3. The van der Waals surface area contributed by atoms with Crippen molar-refractivity contribution < 1.29 is 19.1 Å². The van der Waals surface area contributed by atoms with Gasteiger partial charge in [0.2, 0.25) is 0 Å². The van der Waals surface area contributed by atoms with Gasteiger partial charge in [0, 0.05) is 23.7 Å². The van der Waals surface area contributed by atoms with Gasteiger partial charge >= 0.3 is 5.97 Å². The van der Waals surface area contributed by atoms with Crippen LogP contribution >= 0.6 is 11.6 Å². The second-order valence-corrected chi connectivity index (χ2v) is 6.98. The Bertz CT molecular complexity index is 641. The van der Waals surface area contributed by atoms with Crippen LogP contribution in [0.1, 0.15) is 43.5 Å². The van der Waals surface area contributed by atoms with Crippen LogP contribution in [0.2, 0.25) is 5.02 Å². The molecule has 0 spiro atoms. The standard InChI is InChI=1S/C19H25ClN2O4/c1-3-13(2)17(21-18(24)14-6-8-15(20)9-7-14)19(25)26-12-16(23)22-10-4-5-11-22/h6-9,13,17H,3-5,10-12H2,1-2H3,(H,21,24). The highest BCUT2D eigenvalue weighted by Gasteiger charge is 2.29. The van der Waals surface area contributed by atoms with Crippen LogP contribution in [0.5, 0.6) is 0 Å². The van der Waals surface area contributed by atoms with E-state index < -0.39 is 12.0 Å². The van der Waals surface area contributed by atoms with Gasteiger partial charge in [-0.2, -0.15) is 0 Å². The molecular weight excluding hydrogens is 356 g/mol. The van der Waals surface area contributed by atoms with E-state index in [4.69, 9.17) is 16.3 Å². The zero-order valence-corrected chi connectivity index (χ0v) is 15.9. The molecule has 2 atom stereocenters. The maximum Gasteiger partial charge on any atom is 0.329 e. The molecule has 142 valence electrons. The fourth-order valence-corrected chi connectivity index (χ4v) is 2.90. The molecule has 2 rings (SSSR count). The Labute approximate surface area is 158 Å². The largest absolute Gasteiger partial charge is 0.454 e. The van der Waals surface area contributed by atoms with Crippen LogP contribution in [0, 0.1) is 5.92 Å². The molecule has 1 aromatic rings. The van der Waals surface area contributed by atoms with Gasteiger partial charge in [0.25, 0.3) is 11.8 Å². The molecular formula is C19H25ClN2O4. The van der Waals surface area contributed by atoms with E-state index in [0.717, 1.165) is 12.8 Å². The van der Waals surface area contributed by atoms with E-state index in [1.807, 2.05) is 13.8 Å². The van der Waals surface area contributed by atoms with Crippen LogP contribution in [0.3, 0.4) is 0 Å². The third-order valence-electron chi connectivity index (χ3n) is 4.66. The fraction of sp³-hybridized carbons (Fsp3) is 0.526.